The Hall–Kier alpha value is -2.91. The first kappa shape index (κ1) is 25.2. The van der Waals surface area contributed by atoms with Gasteiger partial charge in [0, 0.05) is 28.1 Å². The van der Waals surface area contributed by atoms with Crippen LogP contribution < -0.4 is 4.90 Å². The van der Waals surface area contributed by atoms with Crippen molar-refractivity contribution >= 4 is 39.7 Å². The van der Waals surface area contributed by atoms with E-state index < -0.39 is 17.8 Å². The van der Waals surface area contributed by atoms with Crippen molar-refractivity contribution in [3.05, 3.63) is 92.6 Å². The number of allylic oxidation sites excluding steroid dienone is 1. The van der Waals surface area contributed by atoms with Crippen LogP contribution in [0.25, 0.3) is 0 Å². The Morgan fingerprint density at radius 3 is 2.43 bits per heavy atom. The summed E-state index contributed by atoms with van der Waals surface area (Å²) in [6.07, 6.45) is -4.49. The molecule has 1 aliphatic rings. The molecule has 4 rings (SSSR count). The van der Waals surface area contributed by atoms with E-state index in [-0.39, 0.29) is 5.78 Å². The second kappa shape index (κ2) is 9.99. The van der Waals surface area contributed by atoms with Gasteiger partial charge in [0.05, 0.1) is 16.3 Å². The van der Waals surface area contributed by atoms with Crippen LogP contribution in [-0.4, -0.2) is 15.9 Å². The number of alkyl halides is 3. The molecule has 0 saturated heterocycles. The van der Waals surface area contributed by atoms with Crippen molar-refractivity contribution in [3.8, 4) is 0 Å². The van der Waals surface area contributed by atoms with Crippen molar-refractivity contribution in [1.29, 1.82) is 0 Å². The molecule has 3 aromatic rings. The third-order valence-corrected chi connectivity index (χ3v) is 7.46. The second-order valence-electron chi connectivity index (χ2n) is 8.31. The van der Waals surface area contributed by atoms with Crippen molar-refractivity contribution in [1.82, 2.24) is 4.98 Å². The molecule has 2 aromatic carbocycles. The quantitative estimate of drug-likeness (QED) is 0.353. The fraction of sp³-hybridized carbons (Fsp3) is 0.269. The number of aryl methyl sites for hydroxylation is 2. The van der Waals surface area contributed by atoms with E-state index in [9.17, 15) is 18.0 Å². The van der Waals surface area contributed by atoms with E-state index in [1.165, 1.54) is 36.1 Å². The lowest BCUT2D eigenvalue weighted by molar-refractivity contribution is -0.137. The summed E-state index contributed by atoms with van der Waals surface area (Å²) in [6, 6.07) is 12.4. The maximum atomic E-state index is 13.5. The highest BCUT2D eigenvalue weighted by Gasteiger charge is 2.35. The topological polar surface area (TPSA) is 45.6 Å². The number of thioether (sulfide) groups is 1. The molecule has 0 spiro atoms. The summed E-state index contributed by atoms with van der Waals surface area (Å²) in [4.78, 5) is 23.9. The molecule has 0 saturated carbocycles. The first-order valence-corrected chi connectivity index (χ1v) is 12.8. The number of aromatic nitrogens is 1. The molecular weight excluding hydrogens is 491 g/mol. The molecule has 0 radical (unpaired) electrons. The van der Waals surface area contributed by atoms with Gasteiger partial charge in [-0.05, 0) is 51.5 Å². The number of rotatable bonds is 5. The molecule has 2 heterocycles. The Labute approximate surface area is 210 Å². The van der Waals surface area contributed by atoms with Gasteiger partial charge < -0.3 is 0 Å². The maximum Gasteiger partial charge on any atom is 0.416 e. The van der Waals surface area contributed by atoms with Gasteiger partial charge in [-0.2, -0.15) is 13.2 Å². The molecule has 35 heavy (non-hydrogen) atoms. The van der Waals surface area contributed by atoms with Crippen molar-refractivity contribution < 1.29 is 18.0 Å². The Morgan fingerprint density at radius 1 is 1.11 bits per heavy atom. The zero-order valence-corrected chi connectivity index (χ0v) is 21.3. The van der Waals surface area contributed by atoms with Crippen LogP contribution >= 0.6 is 23.1 Å². The number of aliphatic imine (C=N–C) groups is 1. The molecule has 0 amide bonds. The number of thiazole rings is 1. The van der Waals surface area contributed by atoms with Gasteiger partial charge in [0.2, 0.25) is 0 Å². The zero-order chi connectivity index (χ0) is 25.3. The molecular formula is C26H24F3N3OS2. The first-order valence-electron chi connectivity index (χ1n) is 10.9. The molecule has 182 valence electrons. The van der Waals surface area contributed by atoms with Crippen LogP contribution in [-0.2, 0) is 16.7 Å². The average molecular weight is 516 g/mol. The number of Topliss-reactive ketones (excluding diaryl/α,β-unsaturated/α-hetero) is 1. The van der Waals surface area contributed by atoms with Gasteiger partial charge in [0.15, 0.2) is 11.0 Å². The summed E-state index contributed by atoms with van der Waals surface area (Å²) in [5, 5.41) is 3.41. The predicted octanol–water partition coefficient (Wildman–Crippen LogP) is 7.49. The van der Waals surface area contributed by atoms with E-state index in [0.29, 0.717) is 27.9 Å². The number of carbonyl (C=O) groups is 1. The number of halogens is 3. The van der Waals surface area contributed by atoms with Gasteiger partial charge in [-0.3, -0.25) is 9.69 Å². The van der Waals surface area contributed by atoms with E-state index in [4.69, 9.17) is 4.99 Å². The zero-order valence-electron chi connectivity index (χ0n) is 19.7. The van der Waals surface area contributed by atoms with Gasteiger partial charge in [-0.1, -0.05) is 47.7 Å². The summed E-state index contributed by atoms with van der Waals surface area (Å²) in [6.45, 7) is 7.13. The first-order chi connectivity index (χ1) is 16.5. The third kappa shape index (κ3) is 5.51. The summed E-state index contributed by atoms with van der Waals surface area (Å²) < 4.78 is 40.5. The fourth-order valence-corrected chi connectivity index (χ4v) is 5.67. The van der Waals surface area contributed by atoms with Crippen LogP contribution in [0.2, 0.25) is 0 Å². The van der Waals surface area contributed by atoms with Gasteiger partial charge in [-0.15, -0.1) is 11.3 Å². The molecule has 4 nitrogen and oxygen atoms in total. The van der Waals surface area contributed by atoms with Crippen LogP contribution in [0.15, 0.2) is 70.2 Å². The van der Waals surface area contributed by atoms with Crippen molar-refractivity contribution in [2.45, 2.75) is 45.7 Å². The number of anilines is 1. The van der Waals surface area contributed by atoms with Crippen LogP contribution in [0.4, 0.5) is 18.9 Å². The highest BCUT2D eigenvalue weighted by atomic mass is 32.2. The number of ketones is 1. The van der Waals surface area contributed by atoms with Crippen LogP contribution in [0, 0.1) is 13.8 Å². The Balaban J connectivity index is 1.83. The Kier molecular flexibility index (Phi) is 7.19. The monoisotopic (exact) mass is 515 g/mol. The normalized spacial score (nSPS) is 16.5. The predicted molar refractivity (Wildman–Crippen MR) is 137 cm³/mol. The highest BCUT2D eigenvalue weighted by molar-refractivity contribution is 8.13. The van der Waals surface area contributed by atoms with Crippen LogP contribution in [0.3, 0.4) is 0 Å². The number of carbonyl (C=O) groups excluding carboxylic acids is 1. The van der Waals surface area contributed by atoms with Crippen molar-refractivity contribution in [2.24, 2.45) is 4.99 Å². The molecule has 1 aromatic heterocycles. The summed E-state index contributed by atoms with van der Waals surface area (Å²) in [5.41, 5.74) is 3.38. The highest BCUT2D eigenvalue weighted by Crippen LogP contribution is 2.41. The molecule has 0 aliphatic carbocycles. The lowest BCUT2D eigenvalue weighted by atomic mass is 9.93. The van der Waals surface area contributed by atoms with E-state index in [1.807, 2.05) is 43.5 Å². The Morgan fingerprint density at radius 2 is 1.83 bits per heavy atom. The van der Waals surface area contributed by atoms with Gasteiger partial charge in [-0.25, -0.2) is 9.98 Å². The summed E-state index contributed by atoms with van der Waals surface area (Å²) in [7, 11) is 0. The number of hydrogen-bond donors (Lipinski definition) is 0. The summed E-state index contributed by atoms with van der Waals surface area (Å²) >= 11 is 2.93. The summed E-state index contributed by atoms with van der Waals surface area (Å²) in [5.74, 6) is 0.329. The van der Waals surface area contributed by atoms with Crippen LogP contribution in [0.1, 0.15) is 47.3 Å². The smallest absolute Gasteiger partial charge is 0.295 e. The molecule has 1 aliphatic heterocycles. The van der Waals surface area contributed by atoms with Gasteiger partial charge in [0.25, 0.3) is 0 Å². The number of hydrogen-bond acceptors (Lipinski definition) is 6. The largest absolute Gasteiger partial charge is 0.416 e. The van der Waals surface area contributed by atoms with E-state index in [0.717, 1.165) is 34.0 Å². The standard InChI is InChI=1S/C26H24F3N3OS2/c1-15-8-10-19(11-9-15)24-23(17(3)33)16(2)32(22-7-5-6-20(12-22)26(27,28)29)25(31-24)35-14-21-13-34-18(4)30-21/h5-13,24H,14H2,1-4H3. The molecule has 0 bridgehead atoms. The molecule has 1 unspecified atom stereocenters. The number of nitrogens with zero attached hydrogens (tertiary/aromatic N) is 3. The lowest BCUT2D eigenvalue weighted by Gasteiger charge is -2.35. The molecule has 0 fully saturated rings. The molecule has 0 N–H and O–H groups in total. The maximum absolute atomic E-state index is 13.5. The fourth-order valence-electron chi connectivity index (χ4n) is 3.97. The second-order valence-corrected chi connectivity index (χ2v) is 10.3. The third-order valence-electron chi connectivity index (χ3n) is 5.65. The minimum absolute atomic E-state index is 0.173. The minimum Gasteiger partial charge on any atom is -0.295 e. The van der Waals surface area contributed by atoms with Gasteiger partial charge >= 0.3 is 6.18 Å². The molecule has 9 heteroatoms. The number of amidine groups is 1. The SMILES string of the molecule is CC(=O)C1=C(C)N(c2cccc(C(F)(F)F)c2)C(SCc2csc(C)n2)=NC1c1ccc(C)cc1. The van der Waals surface area contributed by atoms with E-state index in [1.54, 1.807) is 17.9 Å². The van der Waals surface area contributed by atoms with Crippen LogP contribution in [0.5, 0.6) is 0 Å². The minimum atomic E-state index is -4.49. The van der Waals surface area contributed by atoms with E-state index in [2.05, 4.69) is 4.98 Å². The molecule has 1 atom stereocenters. The van der Waals surface area contributed by atoms with Gasteiger partial charge in [0.1, 0.15) is 6.04 Å². The van der Waals surface area contributed by atoms with E-state index >= 15 is 0 Å². The number of benzene rings is 2. The van der Waals surface area contributed by atoms with Crippen molar-refractivity contribution in [2.75, 3.05) is 4.90 Å². The lowest BCUT2D eigenvalue weighted by Crippen LogP contribution is -2.34. The Bertz CT molecular complexity index is 1310. The average Bonchev–Trinajstić information content (AvgIpc) is 3.22. The van der Waals surface area contributed by atoms with Crippen molar-refractivity contribution in [3.63, 3.8) is 0 Å².